The molecule has 0 unspecified atom stereocenters. The molecular weight excluding hydrogens is 518 g/mol. The molecule has 1 aromatic carbocycles. The molecule has 2 aliphatic rings. The standard InChI is InChI=1S/C30H33N9O2/c1-19-11-13-32-24(16-19)35-30(41)21-7-5-20(6-8-21)27-26-28(31)33-18-34-29(26)39(36-27)23-12-15-38(17-23)25(40)4-3-14-37(2)22-9-10-22/h3-8,11,13,16,18,22-23H,9-10,12,14-15,17H2,1-2H3,(H2,31,33,34)(H,32,35,41)/b4-3+/t23-/m1/s1. The Bertz CT molecular complexity index is 1620. The number of benzene rings is 1. The normalized spacial score (nSPS) is 17.1. The van der Waals surface area contributed by atoms with Gasteiger partial charge in [0.25, 0.3) is 5.91 Å². The summed E-state index contributed by atoms with van der Waals surface area (Å²) in [6.07, 6.45) is 9.96. The first-order valence-electron chi connectivity index (χ1n) is 13.9. The molecule has 1 saturated carbocycles. The summed E-state index contributed by atoms with van der Waals surface area (Å²) in [4.78, 5) is 42.7. The summed E-state index contributed by atoms with van der Waals surface area (Å²) in [5.41, 5.74) is 9.86. The third-order valence-electron chi connectivity index (χ3n) is 7.74. The molecule has 0 radical (unpaired) electrons. The molecule has 210 valence electrons. The van der Waals surface area contributed by atoms with Crippen molar-refractivity contribution in [1.82, 2.24) is 34.5 Å². The average Bonchev–Trinajstić information content (AvgIpc) is 3.57. The number of nitrogen functional groups attached to an aromatic ring is 1. The molecule has 3 aromatic heterocycles. The number of nitrogens with zero attached hydrogens (tertiary/aromatic N) is 7. The molecule has 2 amide bonds. The highest BCUT2D eigenvalue weighted by molar-refractivity contribution is 6.04. The number of aromatic nitrogens is 5. The van der Waals surface area contributed by atoms with E-state index < -0.39 is 0 Å². The number of hydrogen-bond donors (Lipinski definition) is 2. The summed E-state index contributed by atoms with van der Waals surface area (Å²) in [6, 6.07) is 11.5. The largest absolute Gasteiger partial charge is 0.383 e. The van der Waals surface area contributed by atoms with Gasteiger partial charge in [-0.05, 0) is 63.1 Å². The Kier molecular flexibility index (Phi) is 7.19. The molecule has 1 atom stereocenters. The highest BCUT2D eigenvalue weighted by atomic mass is 16.2. The van der Waals surface area contributed by atoms with Gasteiger partial charge in [0, 0.05) is 49.1 Å². The second kappa shape index (κ2) is 11.1. The van der Waals surface area contributed by atoms with Crippen molar-refractivity contribution >= 4 is 34.5 Å². The quantitative estimate of drug-likeness (QED) is 0.318. The highest BCUT2D eigenvalue weighted by Crippen LogP contribution is 2.34. The SMILES string of the molecule is Cc1ccnc(NC(=O)c2ccc(-c3nn([C@@H]4CCN(C(=O)/C=C/CN(C)C5CC5)C4)c4ncnc(N)c34)cc2)c1. The predicted octanol–water partition coefficient (Wildman–Crippen LogP) is 3.46. The first-order chi connectivity index (χ1) is 19.9. The van der Waals surface area contributed by atoms with E-state index in [4.69, 9.17) is 10.8 Å². The van der Waals surface area contributed by atoms with Crippen molar-refractivity contribution in [1.29, 1.82) is 0 Å². The molecule has 1 aliphatic heterocycles. The minimum atomic E-state index is -0.253. The lowest BCUT2D eigenvalue weighted by atomic mass is 10.1. The van der Waals surface area contributed by atoms with Gasteiger partial charge in [-0.2, -0.15) is 5.10 Å². The Labute approximate surface area is 238 Å². The fourth-order valence-electron chi connectivity index (χ4n) is 5.26. The molecule has 1 saturated heterocycles. The van der Waals surface area contributed by atoms with E-state index in [1.807, 2.05) is 46.8 Å². The van der Waals surface area contributed by atoms with Gasteiger partial charge in [-0.25, -0.2) is 19.6 Å². The molecule has 6 rings (SSSR count). The predicted molar refractivity (Wildman–Crippen MR) is 157 cm³/mol. The average molecular weight is 552 g/mol. The topological polar surface area (TPSA) is 135 Å². The summed E-state index contributed by atoms with van der Waals surface area (Å²) < 4.78 is 1.87. The lowest BCUT2D eigenvalue weighted by Gasteiger charge is -2.16. The second-order valence-corrected chi connectivity index (χ2v) is 10.8. The van der Waals surface area contributed by atoms with E-state index in [1.165, 1.54) is 19.2 Å². The summed E-state index contributed by atoms with van der Waals surface area (Å²) in [5.74, 6) is 0.588. The van der Waals surface area contributed by atoms with E-state index in [2.05, 4.69) is 32.2 Å². The van der Waals surface area contributed by atoms with Crippen molar-refractivity contribution in [3.8, 4) is 11.3 Å². The lowest BCUT2D eigenvalue weighted by Crippen LogP contribution is -2.28. The van der Waals surface area contributed by atoms with Crippen LogP contribution >= 0.6 is 0 Å². The van der Waals surface area contributed by atoms with Crippen LogP contribution in [-0.2, 0) is 4.79 Å². The van der Waals surface area contributed by atoms with Crippen molar-refractivity contribution in [3.63, 3.8) is 0 Å². The molecule has 1 aliphatic carbocycles. The number of likely N-dealkylation sites (tertiary alicyclic amines) is 1. The molecule has 2 fully saturated rings. The Balaban J connectivity index is 1.20. The Morgan fingerprint density at radius 2 is 1.93 bits per heavy atom. The van der Waals surface area contributed by atoms with E-state index in [0.29, 0.717) is 53.1 Å². The smallest absolute Gasteiger partial charge is 0.256 e. The van der Waals surface area contributed by atoms with Crippen molar-refractivity contribution < 1.29 is 9.59 Å². The van der Waals surface area contributed by atoms with Crippen LogP contribution in [0, 0.1) is 6.92 Å². The van der Waals surface area contributed by atoms with Gasteiger partial charge in [0.05, 0.1) is 11.4 Å². The van der Waals surface area contributed by atoms with E-state index in [-0.39, 0.29) is 17.9 Å². The Morgan fingerprint density at radius 3 is 2.68 bits per heavy atom. The maximum Gasteiger partial charge on any atom is 0.256 e. The first-order valence-corrected chi connectivity index (χ1v) is 13.9. The molecule has 0 spiro atoms. The summed E-state index contributed by atoms with van der Waals surface area (Å²) in [6.45, 7) is 3.90. The van der Waals surface area contributed by atoms with Crippen LogP contribution in [0.25, 0.3) is 22.3 Å². The zero-order valence-electron chi connectivity index (χ0n) is 23.2. The number of anilines is 2. The third-order valence-corrected chi connectivity index (χ3v) is 7.74. The fraction of sp³-hybridized carbons (Fsp3) is 0.333. The molecular formula is C30H33N9O2. The monoisotopic (exact) mass is 551 g/mol. The van der Waals surface area contributed by atoms with Gasteiger partial charge in [0.15, 0.2) is 5.65 Å². The van der Waals surface area contributed by atoms with Crippen LogP contribution in [0.5, 0.6) is 0 Å². The minimum absolute atomic E-state index is 0.0113. The minimum Gasteiger partial charge on any atom is -0.383 e. The Morgan fingerprint density at radius 1 is 1.12 bits per heavy atom. The lowest BCUT2D eigenvalue weighted by molar-refractivity contribution is -0.125. The number of fused-ring (bicyclic) bond motifs is 1. The zero-order valence-corrected chi connectivity index (χ0v) is 23.2. The van der Waals surface area contributed by atoms with Crippen LogP contribution in [0.3, 0.4) is 0 Å². The van der Waals surface area contributed by atoms with E-state index in [9.17, 15) is 9.59 Å². The number of amides is 2. The van der Waals surface area contributed by atoms with Crippen LogP contribution in [0.1, 0.15) is 41.2 Å². The summed E-state index contributed by atoms with van der Waals surface area (Å²) in [5, 5.41) is 8.40. The Hall–Kier alpha value is -4.64. The highest BCUT2D eigenvalue weighted by Gasteiger charge is 2.30. The molecule has 11 heteroatoms. The number of hydrogen-bond acceptors (Lipinski definition) is 8. The molecule has 41 heavy (non-hydrogen) atoms. The van der Waals surface area contributed by atoms with Gasteiger partial charge in [-0.3, -0.25) is 14.5 Å². The van der Waals surface area contributed by atoms with Gasteiger partial charge >= 0.3 is 0 Å². The number of pyridine rings is 1. The number of aryl methyl sites for hydroxylation is 1. The van der Waals surface area contributed by atoms with Crippen LogP contribution < -0.4 is 11.1 Å². The molecule has 3 N–H and O–H groups in total. The van der Waals surface area contributed by atoms with Gasteiger partial charge in [-0.15, -0.1) is 0 Å². The van der Waals surface area contributed by atoms with Gasteiger partial charge < -0.3 is 16.0 Å². The fourth-order valence-corrected chi connectivity index (χ4v) is 5.26. The summed E-state index contributed by atoms with van der Waals surface area (Å²) >= 11 is 0. The van der Waals surface area contributed by atoms with Crippen LogP contribution in [0.4, 0.5) is 11.6 Å². The van der Waals surface area contributed by atoms with E-state index in [0.717, 1.165) is 24.1 Å². The van der Waals surface area contributed by atoms with Gasteiger partial charge in [0.1, 0.15) is 23.7 Å². The van der Waals surface area contributed by atoms with Crippen LogP contribution in [0.15, 0.2) is 61.1 Å². The van der Waals surface area contributed by atoms with Crippen molar-refractivity contribution in [3.05, 3.63) is 72.2 Å². The van der Waals surface area contributed by atoms with Crippen molar-refractivity contribution in [2.24, 2.45) is 0 Å². The number of likely N-dealkylation sites (N-methyl/N-ethyl adjacent to an activating group) is 1. The van der Waals surface area contributed by atoms with E-state index in [1.54, 1.807) is 24.4 Å². The zero-order chi connectivity index (χ0) is 28.5. The number of carbonyl (C=O) groups is 2. The first kappa shape index (κ1) is 26.6. The van der Waals surface area contributed by atoms with Gasteiger partial charge in [-0.1, -0.05) is 18.2 Å². The van der Waals surface area contributed by atoms with E-state index >= 15 is 0 Å². The molecule has 0 bridgehead atoms. The maximum absolute atomic E-state index is 12.9. The van der Waals surface area contributed by atoms with Crippen LogP contribution in [0.2, 0.25) is 0 Å². The number of rotatable bonds is 8. The number of nitrogens with two attached hydrogens (primary N) is 1. The number of nitrogens with one attached hydrogen (secondary N) is 1. The molecule has 4 heterocycles. The van der Waals surface area contributed by atoms with Crippen LogP contribution in [-0.4, -0.2) is 79.1 Å². The third kappa shape index (κ3) is 5.66. The molecule has 11 nitrogen and oxygen atoms in total. The molecule has 4 aromatic rings. The summed E-state index contributed by atoms with van der Waals surface area (Å²) in [7, 11) is 2.09. The van der Waals surface area contributed by atoms with Crippen molar-refractivity contribution in [2.75, 3.05) is 37.7 Å². The number of carbonyl (C=O) groups excluding carboxylic acids is 2. The van der Waals surface area contributed by atoms with Gasteiger partial charge in [0.2, 0.25) is 5.91 Å². The van der Waals surface area contributed by atoms with Crippen molar-refractivity contribution in [2.45, 2.75) is 38.3 Å². The maximum atomic E-state index is 12.9. The second-order valence-electron chi connectivity index (χ2n) is 10.8.